The topological polar surface area (TPSA) is 296 Å². The van der Waals surface area contributed by atoms with Gasteiger partial charge in [0.05, 0.1) is 16.5 Å². The summed E-state index contributed by atoms with van der Waals surface area (Å²) in [5.41, 5.74) is 12.1. The van der Waals surface area contributed by atoms with Gasteiger partial charge in [-0.1, -0.05) is 18.2 Å². The summed E-state index contributed by atoms with van der Waals surface area (Å²) in [6, 6.07) is 7.21. The van der Waals surface area contributed by atoms with E-state index in [1.807, 2.05) is 22.6 Å². The van der Waals surface area contributed by atoms with Crippen molar-refractivity contribution < 1.29 is 62.1 Å². The molecule has 0 fully saturated rings. The molecule has 0 aliphatic carbocycles. The van der Waals surface area contributed by atoms with Gasteiger partial charge in [-0.15, -0.1) is 0 Å². The summed E-state index contributed by atoms with van der Waals surface area (Å²) in [5, 5.41) is 36.5. The Labute approximate surface area is 319 Å². The van der Waals surface area contributed by atoms with Crippen molar-refractivity contribution in [1.29, 1.82) is 0 Å². The highest BCUT2D eigenvalue weighted by Crippen LogP contribution is 2.22. The standard InChI is InChI=1S/C30H37IN8O8.C2HF3O2/c1-39-22(6-3-9-34-30(32)33)28(46)36-15-24(41)37-20(13-25(42)43)27(45)35-14-17-4-2-5-18(10-17)26(44)38-21(29(39)47)12-16-7-8-23(40)19(31)11-16;3-2(4,5)1(6)7/h2,4-5,7-8,10-11,20-22,40H,3,6,9,12-15H2,1H3,(H,35,45)(H,36,46)(H,37,41)(H,38,44)(H,42,43)(H4,32,33,34);(H,6,7)/t20-,21+,22-;/m0./s1/i31-2;. The Hall–Kier alpha value is -5.68. The first-order valence-electron chi connectivity index (χ1n) is 15.8. The van der Waals surface area contributed by atoms with Crippen LogP contribution >= 0.6 is 22.6 Å². The lowest BCUT2D eigenvalue weighted by Crippen LogP contribution is -2.56. The predicted molar refractivity (Wildman–Crippen MR) is 191 cm³/mol. The fourth-order valence-electron chi connectivity index (χ4n) is 4.80. The second-order valence-corrected chi connectivity index (χ2v) is 12.7. The molecule has 3 atom stereocenters. The van der Waals surface area contributed by atoms with Crippen LogP contribution in [0.15, 0.2) is 47.5 Å². The molecule has 0 spiro atoms. The molecule has 0 saturated carbocycles. The maximum atomic E-state index is 14.0. The summed E-state index contributed by atoms with van der Waals surface area (Å²) in [6.45, 7) is -0.576. The highest BCUT2D eigenvalue weighted by molar-refractivity contribution is 14.1. The van der Waals surface area contributed by atoms with Crippen molar-refractivity contribution >= 4 is 70.0 Å². The maximum absolute atomic E-state index is 14.0. The number of hydrogen-bond donors (Lipinski definition) is 9. The third-order valence-electron chi connectivity index (χ3n) is 7.46. The highest BCUT2D eigenvalue weighted by Gasteiger charge is 2.38. The minimum Gasteiger partial charge on any atom is -0.507 e. The van der Waals surface area contributed by atoms with Gasteiger partial charge >= 0.3 is 18.1 Å². The van der Waals surface area contributed by atoms with Crippen molar-refractivity contribution in [1.82, 2.24) is 26.2 Å². The third-order valence-corrected chi connectivity index (χ3v) is 8.32. The SMILES string of the molecule is CN1C(=O)[C@@H](Cc2ccc(O)c([125I])c2)NC(=O)c2cccc(c2)CNC(=O)[C@H](CC(=O)O)NC(=O)CNC(=O)[C@@H]1CCCN=C(N)N.O=C(O)C(F)(F)F. The Bertz CT molecular complexity index is 1760. The van der Waals surface area contributed by atoms with Crippen LogP contribution in [0, 0.1) is 3.57 Å². The van der Waals surface area contributed by atoms with Crippen LogP contribution in [-0.2, 0) is 41.7 Å². The first kappa shape index (κ1) is 44.5. The summed E-state index contributed by atoms with van der Waals surface area (Å²) in [6.07, 6.45) is -5.46. The van der Waals surface area contributed by atoms with Crippen molar-refractivity contribution in [3.8, 4) is 5.75 Å². The van der Waals surface area contributed by atoms with Crippen molar-refractivity contribution in [3.63, 3.8) is 0 Å². The first-order valence-corrected chi connectivity index (χ1v) is 16.8. The Balaban J connectivity index is 0.00000131. The number of fused-ring (bicyclic) bond motifs is 2. The van der Waals surface area contributed by atoms with Gasteiger partial charge in [0, 0.05) is 32.1 Å². The molecule has 2 aromatic carbocycles. The normalized spacial score (nSPS) is 18.6. The molecule has 0 unspecified atom stereocenters. The van der Waals surface area contributed by atoms with Gasteiger partial charge < -0.3 is 53.0 Å². The number of aliphatic carboxylic acids is 2. The van der Waals surface area contributed by atoms with E-state index in [1.54, 1.807) is 24.3 Å². The van der Waals surface area contributed by atoms with Gasteiger partial charge in [0.2, 0.25) is 23.6 Å². The number of hydrogen-bond acceptors (Lipinski definition) is 9. The quantitative estimate of drug-likeness (QED) is 0.0706. The molecule has 2 aromatic rings. The van der Waals surface area contributed by atoms with E-state index >= 15 is 0 Å². The van der Waals surface area contributed by atoms with Crippen LogP contribution in [0.2, 0.25) is 0 Å². The molecule has 0 saturated heterocycles. The van der Waals surface area contributed by atoms with E-state index in [-0.39, 0.29) is 49.6 Å². The summed E-state index contributed by atoms with van der Waals surface area (Å²) >= 11 is 1.94. The molecule has 22 heteroatoms. The lowest BCUT2D eigenvalue weighted by molar-refractivity contribution is -0.192. The summed E-state index contributed by atoms with van der Waals surface area (Å²) in [5.74, 6) is -7.76. The van der Waals surface area contributed by atoms with E-state index in [2.05, 4.69) is 26.3 Å². The van der Waals surface area contributed by atoms with Crippen molar-refractivity contribution in [3.05, 3.63) is 62.7 Å². The van der Waals surface area contributed by atoms with E-state index in [1.165, 1.54) is 30.1 Å². The number of aliphatic imine (C=N–C) groups is 1. The number of guanidine groups is 1. The molecular weight excluding hydrogens is 838 g/mol. The Kier molecular flexibility index (Phi) is 16.9. The van der Waals surface area contributed by atoms with Crippen LogP contribution in [0.1, 0.15) is 40.7 Å². The van der Waals surface area contributed by atoms with Crippen LogP contribution in [0.25, 0.3) is 0 Å². The molecule has 0 radical (unpaired) electrons. The molecule has 1 aliphatic heterocycles. The number of nitrogens with one attached hydrogen (secondary N) is 4. The molecule has 1 heterocycles. The predicted octanol–water partition coefficient (Wildman–Crippen LogP) is -0.443. The largest absolute Gasteiger partial charge is 0.507 e. The number of carboxylic acids is 2. The zero-order valence-electron chi connectivity index (χ0n) is 28.5. The smallest absolute Gasteiger partial charge is 0.490 e. The molecule has 5 amide bonds. The van der Waals surface area contributed by atoms with Gasteiger partial charge in [0.25, 0.3) is 5.91 Å². The molecule has 11 N–H and O–H groups in total. The minimum atomic E-state index is -5.08. The van der Waals surface area contributed by atoms with Crippen LogP contribution in [0.5, 0.6) is 5.75 Å². The third kappa shape index (κ3) is 14.7. The summed E-state index contributed by atoms with van der Waals surface area (Å²) < 4.78 is 32.3. The van der Waals surface area contributed by atoms with Gasteiger partial charge in [-0.05, 0) is 70.8 Å². The lowest BCUT2D eigenvalue weighted by atomic mass is 10.0. The number of phenols is 1. The van der Waals surface area contributed by atoms with E-state index in [0.717, 1.165) is 0 Å². The van der Waals surface area contributed by atoms with Crippen molar-refractivity contribution in [2.45, 2.75) is 56.5 Å². The van der Waals surface area contributed by atoms with Crippen LogP contribution in [0.4, 0.5) is 13.2 Å². The zero-order chi connectivity index (χ0) is 40.7. The average molecular weight is 877 g/mol. The molecule has 1 aliphatic rings. The molecule has 2 bridgehead atoms. The number of aromatic hydroxyl groups is 1. The first-order chi connectivity index (χ1) is 25.2. The van der Waals surface area contributed by atoms with Crippen molar-refractivity contribution in [2.24, 2.45) is 16.5 Å². The van der Waals surface area contributed by atoms with E-state index < -0.39 is 78.7 Å². The minimum absolute atomic E-state index is 0.0106. The number of benzene rings is 2. The molecule has 3 rings (SSSR count). The number of amides is 5. The molecule has 18 nitrogen and oxygen atoms in total. The highest BCUT2D eigenvalue weighted by atomic mass is 125. The Morgan fingerprint density at radius 3 is 2.20 bits per heavy atom. The van der Waals surface area contributed by atoms with Crippen LogP contribution < -0.4 is 32.7 Å². The van der Waals surface area contributed by atoms with Gasteiger partial charge in [0.1, 0.15) is 23.9 Å². The Morgan fingerprint density at radius 1 is 0.963 bits per heavy atom. The number of carboxylic acid groups (broad SMARTS) is 2. The van der Waals surface area contributed by atoms with E-state index in [0.29, 0.717) is 14.7 Å². The second-order valence-electron chi connectivity index (χ2n) is 11.6. The maximum Gasteiger partial charge on any atom is 0.490 e. The number of phenolic OH excluding ortho intramolecular Hbond substituents is 1. The summed E-state index contributed by atoms with van der Waals surface area (Å²) in [7, 11) is 1.39. The number of rotatable bonds is 8. The van der Waals surface area contributed by atoms with Crippen molar-refractivity contribution in [2.75, 3.05) is 20.1 Å². The monoisotopic (exact) mass is 876 g/mol. The molecule has 54 heavy (non-hydrogen) atoms. The Morgan fingerprint density at radius 2 is 1.61 bits per heavy atom. The van der Waals surface area contributed by atoms with Crippen LogP contribution in [-0.4, -0.2) is 112 Å². The zero-order valence-corrected chi connectivity index (χ0v) is 30.6. The number of nitrogens with two attached hydrogens (primary N) is 2. The van der Waals surface area contributed by atoms with Crippen LogP contribution in [0.3, 0.4) is 0 Å². The number of halogens is 4. The van der Waals surface area contributed by atoms with E-state index in [9.17, 15) is 52.2 Å². The molecule has 294 valence electrons. The fraction of sp³-hybridized carbons (Fsp3) is 0.375. The number of likely N-dealkylation sites (N-methyl/N-ethyl adjacent to an activating group) is 1. The lowest BCUT2D eigenvalue weighted by Gasteiger charge is -2.31. The number of carbonyl (C=O) groups is 7. The van der Waals surface area contributed by atoms with Gasteiger partial charge in [-0.2, -0.15) is 13.2 Å². The number of alkyl halides is 3. The fourth-order valence-corrected chi connectivity index (χ4v) is 5.38. The van der Waals surface area contributed by atoms with Gasteiger partial charge in [-0.25, -0.2) is 4.79 Å². The average Bonchev–Trinajstić information content (AvgIpc) is 3.09. The second kappa shape index (κ2) is 20.5. The van der Waals surface area contributed by atoms with E-state index in [4.69, 9.17) is 21.4 Å². The van der Waals surface area contributed by atoms with Gasteiger partial charge in [0.15, 0.2) is 5.96 Å². The summed E-state index contributed by atoms with van der Waals surface area (Å²) in [4.78, 5) is 91.9. The number of nitrogens with zero attached hydrogens (tertiary/aromatic N) is 2. The molecule has 0 aromatic heterocycles. The molecular formula is C32H38F3IN8O10. The van der Waals surface area contributed by atoms with Gasteiger partial charge in [-0.3, -0.25) is 33.8 Å². The number of carbonyl (C=O) groups excluding carboxylic acids is 5.